The van der Waals surface area contributed by atoms with Gasteiger partial charge in [-0.2, -0.15) is 5.26 Å². The molecule has 0 fully saturated rings. The number of nitrogen functional groups attached to an aromatic ring is 1. The van der Waals surface area contributed by atoms with Crippen molar-refractivity contribution < 1.29 is 4.79 Å². The number of anilines is 2. The summed E-state index contributed by atoms with van der Waals surface area (Å²) in [6.45, 7) is 0. The average Bonchev–Trinajstić information content (AvgIpc) is 2.52. The lowest BCUT2D eigenvalue weighted by Crippen LogP contribution is -2.24. The largest absolute Gasteiger partial charge is 0.399 e. The van der Waals surface area contributed by atoms with Gasteiger partial charge in [0.2, 0.25) is 0 Å². The summed E-state index contributed by atoms with van der Waals surface area (Å²) in [6, 6.07) is 16.3. The number of benzene rings is 2. The van der Waals surface area contributed by atoms with E-state index in [0.717, 1.165) is 5.56 Å². The summed E-state index contributed by atoms with van der Waals surface area (Å²) in [4.78, 5) is 13.6. The average molecular weight is 277 g/mol. The number of nitrogens with two attached hydrogens (primary N) is 1. The first kappa shape index (κ1) is 14.4. The van der Waals surface area contributed by atoms with Crippen LogP contribution in [0.15, 0.2) is 54.6 Å². The van der Waals surface area contributed by atoms with E-state index in [1.165, 1.54) is 11.0 Å². The molecule has 0 saturated carbocycles. The molecule has 0 radical (unpaired) electrons. The first-order chi connectivity index (χ1) is 10.1. The molecular weight excluding hydrogens is 262 g/mol. The zero-order chi connectivity index (χ0) is 15.2. The molecule has 0 unspecified atom stereocenters. The monoisotopic (exact) mass is 277 g/mol. The Kier molecular flexibility index (Phi) is 4.37. The number of rotatable bonds is 3. The molecule has 0 aliphatic carbocycles. The van der Waals surface area contributed by atoms with E-state index in [9.17, 15) is 4.79 Å². The van der Waals surface area contributed by atoms with Gasteiger partial charge in [0, 0.05) is 18.8 Å². The van der Waals surface area contributed by atoms with Crippen LogP contribution in [0.25, 0.3) is 6.08 Å². The molecule has 2 rings (SSSR count). The van der Waals surface area contributed by atoms with Gasteiger partial charge < -0.3 is 10.6 Å². The van der Waals surface area contributed by atoms with E-state index in [1.54, 1.807) is 49.5 Å². The van der Waals surface area contributed by atoms with Crippen molar-refractivity contribution in [2.45, 2.75) is 0 Å². The quantitative estimate of drug-likeness (QED) is 0.692. The Morgan fingerprint density at radius 1 is 1.24 bits per heavy atom. The second kappa shape index (κ2) is 6.40. The number of hydrogen-bond acceptors (Lipinski definition) is 3. The molecule has 0 aliphatic rings. The number of amides is 1. The highest BCUT2D eigenvalue weighted by molar-refractivity contribution is 6.04. The highest BCUT2D eigenvalue weighted by atomic mass is 16.2. The molecule has 2 aromatic rings. The van der Waals surface area contributed by atoms with Crippen molar-refractivity contribution in [2.75, 3.05) is 17.7 Å². The third-order valence-electron chi connectivity index (χ3n) is 3.05. The highest BCUT2D eigenvalue weighted by Crippen LogP contribution is 2.18. The third kappa shape index (κ3) is 3.48. The molecule has 21 heavy (non-hydrogen) atoms. The van der Waals surface area contributed by atoms with Crippen LogP contribution in [-0.4, -0.2) is 13.0 Å². The molecule has 0 atom stereocenters. The zero-order valence-corrected chi connectivity index (χ0v) is 11.7. The van der Waals surface area contributed by atoms with E-state index in [2.05, 4.69) is 6.07 Å². The number of carbonyl (C=O) groups is 1. The number of hydrogen-bond donors (Lipinski definition) is 1. The van der Waals surface area contributed by atoms with Gasteiger partial charge in [-0.25, -0.2) is 0 Å². The summed E-state index contributed by atoms with van der Waals surface area (Å²) in [5.41, 5.74) is 8.24. The summed E-state index contributed by atoms with van der Waals surface area (Å²) in [6.07, 6.45) is 3.16. The van der Waals surface area contributed by atoms with E-state index in [0.29, 0.717) is 16.9 Å². The maximum absolute atomic E-state index is 12.2. The lowest BCUT2D eigenvalue weighted by atomic mass is 10.1. The Morgan fingerprint density at radius 2 is 2.00 bits per heavy atom. The van der Waals surface area contributed by atoms with Gasteiger partial charge in [0.15, 0.2) is 0 Å². The van der Waals surface area contributed by atoms with Crippen LogP contribution in [0, 0.1) is 11.3 Å². The molecule has 1 amide bonds. The van der Waals surface area contributed by atoms with Crippen LogP contribution >= 0.6 is 0 Å². The van der Waals surface area contributed by atoms with Crippen molar-refractivity contribution in [3.63, 3.8) is 0 Å². The normalized spacial score (nSPS) is 10.3. The molecule has 4 heteroatoms. The molecule has 0 bridgehead atoms. The maximum atomic E-state index is 12.2. The molecule has 0 aliphatic heterocycles. The van der Waals surface area contributed by atoms with Crippen LogP contribution in [0.3, 0.4) is 0 Å². The minimum Gasteiger partial charge on any atom is -0.399 e. The Labute approximate surface area is 123 Å². The van der Waals surface area contributed by atoms with Gasteiger partial charge in [-0.1, -0.05) is 24.3 Å². The first-order valence-corrected chi connectivity index (χ1v) is 6.42. The number of nitrogens with zero attached hydrogens (tertiary/aromatic N) is 2. The van der Waals surface area contributed by atoms with Crippen molar-refractivity contribution in [2.24, 2.45) is 0 Å². The SMILES string of the molecule is CN(C(=O)/C=C/c1cccc(N)c1)c1ccccc1C#N. The first-order valence-electron chi connectivity index (χ1n) is 6.42. The summed E-state index contributed by atoms with van der Waals surface area (Å²) in [5, 5.41) is 9.07. The highest BCUT2D eigenvalue weighted by Gasteiger charge is 2.11. The predicted molar refractivity (Wildman–Crippen MR) is 84.5 cm³/mol. The van der Waals surface area contributed by atoms with E-state index >= 15 is 0 Å². The van der Waals surface area contributed by atoms with Crippen molar-refractivity contribution >= 4 is 23.4 Å². The maximum Gasteiger partial charge on any atom is 0.250 e. The second-order valence-corrected chi connectivity index (χ2v) is 4.53. The van der Waals surface area contributed by atoms with Crippen LogP contribution in [0.1, 0.15) is 11.1 Å². The standard InChI is InChI=1S/C17H15N3O/c1-20(16-8-3-2-6-14(16)12-18)17(21)10-9-13-5-4-7-15(19)11-13/h2-11H,19H2,1H3/b10-9+. The Morgan fingerprint density at radius 3 is 2.71 bits per heavy atom. The van der Waals surface area contributed by atoms with Crippen molar-refractivity contribution in [3.8, 4) is 6.07 Å². The Balaban J connectivity index is 2.18. The van der Waals surface area contributed by atoms with Gasteiger partial charge >= 0.3 is 0 Å². The summed E-state index contributed by atoms with van der Waals surface area (Å²) in [7, 11) is 1.64. The molecule has 2 aromatic carbocycles. The second-order valence-electron chi connectivity index (χ2n) is 4.53. The zero-order valence-electron chi connectivity index (χ0n) is 11.7. The number of carbonyl (C=O) groups excluding carboxylic acids is 1. The van der Waals surface area contributed by atoms with E-state index in [1.807, 2.05) is 12.1 Å². The molecule has 0 heterocycles. The minimum absolute atomic E-state index is 0.208. The van der Waals surface area contributed by atoms with Crippen LogP contribution in [0.5, 0.6) is 0 Å². The minimum atomic E-state index is -0.208. The van der Waals surface area contributed by atoms with E-state index in [4.69, 9.17) is 11.0 Å². The fraction of sp³-hybridized carbons (Fsp3) is 0.0588. The number of nitriles is 1. The summed E-state index contributed by atoms with van der Waals surface area (Å²) < 4.78 is 0. The van der Waals surface area contributed by atoms with Gasteiger partial charge in [-0.05, 0) is 35.9 Å². The van der Waals surface area contributed by atoms with Crippen molar-refractivity contribution in [1.29, 1.82) is 5.26 Å². The Hall–Kier alpha value is -3.06. The molecule has 104 valence electrons. The van der Waals surface area contributed by atoms with Gasteiger partial charge in [0.1, 0.15) is 6.07 Å². The summed E-state index contributed by atoms with van der Waals surface area (Å²) >= 11 is 0. The van der Waals surface area contributed by atoms with Gasteiger partial charge in [-0.3, -0.25) is 4.79 Å². The van der Waals surface area contributed by atoms with Crippen molar-refractivity contribution in [1.82, 2.24) is 0 Å². The molecule has 0 aromatic heterocycles. The van der Waals surface area contributed by atoms with Crippen LogP contribution in [-0.2, 0) is 4.79 Å². The predicted octanol–water partition coefficient (Wildman–Crippen LogP) is 2.82. The van der Waals surface area contributed by atoms with E-state index in [-0.39, 0.29) is 5.91 Å². The summed E-state index contributed by atoms with van der Waals surface area (Å²) in [5.74, 6) is -0.208. The van der Waals surface area contributed by atoms with Crippen LogP contribution in [0.4, 0.5) is 11.4 Å². The van der Waals surface area contributed by atoms with Gasteiger partial charge in [0.05, 0.1) is 11.3 Å². The van der Waals surface area contributed by atoms with Crippen LogP contribution in [0.2, 0.25) is 0 Å². The Bertz CT molecular complexity index is 729. The lowest BCUT2D eigenvalue weighted by molar-refractivity contribution is -0.113. The van der Waals surface area contributed by atoms with Gasteiger partial charge in [-0.15, -0.1) is 0 Å². The molecule has 4 nitrogen and oxygen atoms in total. The van der Waals surface area contributed by atoms with Crippen LogP contribution < -0.4 is 10.6 Å². The molecule has 0 saturated heterocycles. The van der Waals surface area contributed by atoms with Gasteiger partial charge in [0.25, 0.3) is 5.91 Å². The smallest absolute Gasteiger partial charge is 0.250 e. The lowest BCUT2D eigenvalue weighted by Gasteiger charge is -2.16. The molecular formula is C17H15N3O. The van der Waals surface area contributed by atoms with E-state index < -0.39 is 0 Å². The molecule has 0 spiro atoms. The van der Waals surface area contributed by atoms with Crippen molar-refractivity contribution in [3.05, 3.63) is 65.7 Å². The fourth-order valence-corrected chi connectivity index (χ4v) is 1.92. The third-order valence-corrected chi connectivity index (χ3v) is 3.05. The topological polar surface area (TPSA) is 70.1 Å². The molecule has 2 N–H and O–H groups in total. The fourth-order valence-electron chi connectivity index (χ4n) is 1.92. The number of likely N-dealkylation sites (N-methyl/N-ethyl adjacent to an activating group) is 1. The number of para-hydroxylation sites is 1.